The Morgan fingerprint density at radius 3 is 2.35 bits per heavy atom. The van der Waals surface area contributed by atoms with E-state index in [4.69, 9.17) is 0 Å². The molecule has 1 aromatic carbocycles. The largest absolute Gasteiger partial charge is 0.336 e. The van der Waals surface area contributed by atoms with E-state index in [1.54, 1.807) is 6.92 Å². The third-order valence-corrected chi connectivity index (χ3v) is 4.65. The van der Waals surface area contributed by atoms with Crippen molar-refractivity contribution in [1.29, 1.82) is 0 Å². The van der Waals surface area contributed by atoms with Crippen LogP contribution in [0.4, 0.5) is 0 Å². The quantitative estimate of drug-likeness (QED) is 0.843. The summed E-state index contributed by atoms with van der Waals surface area (Å²) < 4.78 is 0. The first-order valence-corrected chi connectivity index (χ1v) is 7.62. The van der Waals surface area contributed by atoms with Gasteiger partial charge in [0.1, 0.15) is 0 Å². The van der Waals surface area contributed by atoms with Crippen LogP contribution in [0, 0.1) is 0 Å². The zero-order chi connectivity index (χ0) is 14.6. The first-order chi connectivity index (χ1) is 9.60. The van der Waals surface area contributed by atoms with E-state index >= 15 is 0 Å². The standard InChI is InChI=1S/C17H26N2O/c1-4-12-19-13-10-17(11-14-19,18(3)15(2)20)16-8-6-5-7-9-16/h5-9H,4,10-14H2,1-3H3. The SMILES string of the molecule is CCCN1CCC(c2ccccc2)(N(C)C(C)=O)CC1. The van der Waals surface area contributed by atoms with Crippen LogP contribution in [0.5, 0.6) is 0 Å². The average molecular weight is 274 g/mol. The van der Waals surface area contributed by atoms with E-state index in [9.17, 15) is 4.79 Å². The van der Waals surface area contributed by atoms with Crippen molar-refractivity contribution in [2.75, 3.05) is 26.7 Å². The van der Waals surface area contributed by atoms with Crippen LogP contribution in [-0.2, 0) is 10.3 Å². The summed E-state index contributed by atoms with van der Waals surface area (Å²) in [5.41, 5.74) is 1.14. The molecule has 1 saturated heterocycles. The molecule has 2 rings (SSSR count). The summed E-state index contributed by atoms with van der Waals surface area (Å²) >= 11 is 0. The summed E-state index contributed by atoms with van der Waals surface area (Å²) in [7, 11) is 1.95. The molecule has 1 aromatic rings. The lowest BCUT2D eigenvalue weighted by Crippen LogP contribution is -2.53. The number of hydrogen-bond acceptors (Lipinski definition) is 2. The molecule has 1 aliphatic rings. The van der Waals surface area contributed by atoms with E-state index in [0.717, 1.165) is 32.5 Å². The first-order valence-electron chi connectivity index (χ1n) is 7.62. The Kier molecular flexibility index (Phi) is 4.81. The minimum atomic E-state index is -0.128. The molecule has 1 amide bonds. The Morgan fingerprint density at radius 1 is 1.25 bits per heavy atom. The number of rotatable bonds is 4. The van der Waals surface area contributed by atoms with Gasteiger partial charge in [0.2, 0.25) is 5.91 Å². The second-order valence-electron chi connectivity index (χ2n) is 5.82. The van der Waals surface area contributed by atoms with Gasteiger partial charge in [0.15, 0.2) is 0 Å². The highest BCUT2D eigenvalue weighted by Crippen LogP contribution is 2.38. The smallest absolute Gasteiger partial charge is 0.219 e. The zero-order valence-corrected chi connectivity index (χ0v) is 12.9. The molecule has 1 heterocycles. The lowest BCUT2D eigenvalue weighted by molar-refractivity contribution is -0.135. The van der Waals surface area contributed by atoms with Crippen molar-refractivity contribution in [3.63, 3.8) is 0 Å². The molecule has 3 heteroatoms. The third kappa shape index (κ3) is 2.88. The van der Waals surface area contributed by atoms with Crippen LogP contribution < -0.4 is 0 Å². The molecule has 1 aliphatic heterocycles. The van der Waals surface area contributed by atoms with Gasteiger partial charge in [0, 0.05) is 27.1 Å². The van der Waals surface area contributed by atoms with Crippen LogP contribution in [0.2, 0.25) is 0 Å². The first kappa shape index (κ1) is 15.0. The van der Waals surface area contributed by atoms with Gasteiger partial charge in [0.05, 0.1) is 5.54 Å². The summed E-state index contributed by atoms with van der Waals surface area (Å²) in [4.78, 5) is 16.4. The number of hydrogen-bond donors (Lipinski definition) is 0. The lowest BCUT2D eigenvalue weighted by Gasteiger charge is -2.47. The molecule has 3 nitrogen and oxygen atoms in total. The fraction of sp³-hybridized carbons (Fsp3) is 0.588. The summed E-state index contributed by atoms with van der Waals surface area (Å²) in [6.07, 6.45) is 3.24. The third-order valence-electron chi connectivity index (χ3n) is 4.65. The number of likely N-dealkylation sites (tertiary alicyclic amines) is 1. The van der Waals surface area contributed by atoms with Crippen molar-refractivity contribution < 1.29 is 4.79 Å². The van der Waals surface area contributed by atoms with Gasteiger partial charge in [-0.15, -0.1) is 0 Å². The van der Waals surface area contributed by atoms with Gasteiger partial charge < -0.3 is 9.80 Å². The van der Waals surface area contributed by atoms with Crippen LogP contribution in [0.15, 0.2) is 30.3 Å². The highest BCUT2D eigenvalue weighted by molar-refractivity contribution is 5.74. The summed E-state index contributed by atoms with van der Waals surface area (Å²) in [6.45, 7) is 7.19. The lowest BCUT2D eigenvalue weighted by atomic mass is 9.79. The topological polar surface area (TPSA) is 23.6 Å². The van der Waals surface area contributed by atoms with Gasteiger partial charge in [0.25, 0.3) is 0 Å². The monoisotopic (exact) mass is 274 g/mol. The average Bonchev–Trinajstić information content (AvgIpc) is 2.48. The van der Waals surface area contributed by atoms with Gasteiger partial charge in [-0.3, -0.25) is 4.79 Å². The second-order valence-corrected chi connectivity index (χ2v) is 5.82. The van der Waals surface area contributed by atoms with Gasteiger partial charge in [-0.1, -0.05) is 37.3 Å². The number of benzene rings is 1. The highest BCUT2D eigenvalue weighted by atomic mass is 16.2. The second kappa shape index (κ2) is 6.40. The van der Waals surface area contributed by atoms with Crippen molar-refractivity contribution >= 4 is 5.91 Å². The minimum Gasteiger partial charge on any atom is -0.336 e. The van der Waals surface area contributed by atoms with Crippen molar-refractivity contribution in [1.82, 2.24) is 9.80 Å². The maximum absolute atomic E-state index is 11.9. The normalized spacial score (nSPS) is 18.8. The summed E-state index contributed by atoms with van der Waals surface area (Å²) in [6, 6.07) is 10.5. The molecule has 0 unspecified atom stereocenters. The molecule has 1 fully saturated rings. The van der Waals surface area contributed by atoms with Crippen molar-refractivity contribution in [2.45, 2.75) is 38.6 Å². The van der Waals surface area contributed by atoms with E-state index in [-0.39, 0.29) is 11.4 Å². The van der Waals surface area contributed by atoms with Crippen molar-refractivity contribution in [2.24, 2.45) is 0 Å². The maximum Gasteiger partial charge on any atom is 0.219 e. The van der Waals surface area contributed by atoms with Gasteiger partial charge in [-0.05, 0) is 31.4 Å². The molecule has 20 heavy (non-hydrogen) atoms. The molecule has 0 aliphatic carbocycles. The number of piperidine rings is 1. The number of amides is 1. The Hall–Kier alpha value is -1.35. The van der Waals surface area contributed by atoms with Crippen LogP contribution in [0.25, 0.3) is 0 Å². The molecule has 0 aromatic heterocycles. The van der Waals surface area contributed by atoms with E-state index < -0.39 is 0 Å². The maximum atomic E-state index is 11.9. The van der Waals surface area contributed by atoms with Gasteiger partial charge in [-0.25, -0.2) is 0 Å². The minimum absolute atomic E-state index is 0.128. The molecule has 0 spiro atoms. The van der Waals surface area contributed by atoms with Crippen molar-refractivity contribution in [3.8, 4) is 0 Å². The van der Waals surface area contributed by atoms with Gasteiger partial charge >= 0.3 is 0 Å². The molecule has 0 atom stereocenters. The van der Waals surface area contributed by atoms with E-state index in [0.29, 0.717) is 0 Å². The van der Waals surface area contributed by atoms with Crippen molar-refractivity contribution in [3.05, 3.63) is 35.9 Å². The van der Waals surface area contributed by atoms with Crippen LogP contribution in [0.3, 0.4) is 0 Å². The summed E-state index contributed by atoms with van der Waals surface area (Å²) in [5.74, 6) is 0.151. The number of nitrogens with zero attached hydrogens (tertiary/aromatic N) is 2. The molecule has 110 valence electrons. The Balaban J connectivity index is 2.26. The zero-order valence-electron chi connectivity index (χ0n) is 12.9. The molecular weight excluding hydrogens is 248 g/mol. The van der Waals surface area contributed by atoms with E-state index in [1.807, 2.05) is 18.0 Å². The predicted molar refractivity (Wildman–Crippen MR) is 82.5 cm³/mol. The molecule has 0 radical (unpaired) electrons. The summed E-state index contributed by atoms with van der Waals surface area (Å²) in [5, 5.41) is 0. The van der Waals surface area contributed by atoms with Crippen LogP contribution >= 0.6 is 0 Å². The molecular formula is C17H26N2O. The molecule has 0 bridgehead atoms. The number of carbonyl (C=O) groups is 1. The Labute approximate surface area is 122 Å². The van der Waals surface area contributed by atoms with Gasteiger partial charge in [-0.2, -0.15) is 0 Å². The highest BCUT2D eigenvalue weighted by Gasteiger charge is 2.40. The van der Waals surface area contributed by atoms with Crippen LogP contribution in [-0.4, -0.2) is 42.4 Å². The Morgan fingerprint density at radius 2 is 1.85 bits per heavy atom. The predicted octanol–water partition coefficient (Wildman–Crippen LogP) is 2.87. The van der Waals surface area contributed by atoms with E-state index in [2.05, 4.69) is 36.1 Å². The van der Waals surface area contributed by atoms with Crippen LogP contribution in [0.1, 0.15) is 38.7 Å². The number of carbonyl (C=O) groups excluding carboxylic acids is 1. The fourth-order valence-corrected chi connectivity index (χ4v) is 3.33. The fourth-order valence-electron chi connectivity index (χ4n) is 3.33. The molecule has 0 N–H and O–H groups in total. The molecule has 0 saturated carbocycles. The Bertz CT molecular complexity index is 436. The van der Waals surface area contributed by atoms with E-state index in [1.165, 1.54) is 12.0 Å².